The van der Waals surface area contributed by atoms with Crippen LogP contribution < -0.4 is 5.32 Å². The number of likely N-dealkylation sites (tertiary alicyclic amines) is 1. The number of nitrogens with one attached hydrogen (secondary N) is 1. The van der Waals surface area contributed by atoms with Crippen LogP contribution in [0.4, 0.5) is 0 Å². The molecule has 0 spiro atoms. The molecule has 0 saturated carbocycles. The summed E-state index contributed by atoms with van der Waals surface area (Å²) in [6.45, 7) is 0.930. The maximum Gasteiger partial charge on any atom is 0.249 e. The number of likely N-dealkylation sites (N-methyl/N-ethyl adjacent to an activating group) is 1. The molecule has 0 aromatic heterocycles. The number of aliphatic hydroxyl groups excluding tert-OH is 1. The lowest BCUT2D eigenvalue weighted by atomic mass is 9.99. The van der Waals surface area contributed by atoms with Gasteiger partial charge in [0.25, 0.3) is 0 Å². The summed E-state index contributed by atoms with van der Waals surface area (Å²) >= 11 is 0. The molecule has 4 nitrogen and oxygen atoms in total. The number of rotatable bonds is 5. The van der Waals surface area contributed by atoms with Crippen LogP contribution in [0.15, 0.2) is 60.7 Å². The Hall–Kier alpha value is -2.17. The van der Waals surface area contributed by atoms with Crippen molar-refractivity contribution in [2.75, 3.05) is 13.6 Å². The molecule has 0 radical (unpaired) electrons. The summed E-state index contributed by atoms with van der Waals surface area (Å²) in [7, 11) is 2.07. The van der Waals surface area contributed by atoms with Crippen molar-refractivity contribution in [1.82, 2.24) is 10.2 Å². The van der Waals surface area contributed by atoms with Crippen LogP contribution in [-0.2, 0) is 11.2 Å². The summed E-state index contributed by atoms with van der Waals surface area (Å²) < 4.78 is 0. The van der Waals surface area contributed by atoms with Crippen molar-refractivity contribution in [1.29, 1.82) is 0 Å². The Balaban J connectivity index is 1.64. The minimum atomic E-state index is -1.02. The zero-order chi connectivity index (χ0) is 16.9. The quantitative estimate of drug-likeness (QED) is 0.886. The molecular formula is C20H24N2O2. The maximum absolute atomic E-state index is 12.4. The first-order valence-electron chi connectivity index (χ1n) is 8.42. The van der Waals surface area contributed by atoms with Crippen molar-refractivity contribution in [2.45, 2.75) is 31.0 Å². The van der Waals surface area contributed by atoms with E-state index in [-0.39, 0.29) is 18.0 Å². The van der Waals surface area contributed by atoms with E-state index in [4.69, 9.17) is 0 Å². The van der Waals surface area contributed by atoms with Gasteiger partial charge in [-0.15, -0.1) is 0 Å². The molecule has 3 rings (SSSR count). The smallest absolute Gasteiger partial charge is 0.249 e. The molecule has 2 N–H and O–H groups in total. The lowest BCUT2D eigenvalue weighted by molar-refractivity contribution is -0.130. The fraction of sp³-hybridized carbons (Fsp3) is 0.350. The molecule has 24 heavy (non-hydrogen) atoms. The number of benzene rings is 2. The summed E-state index contributed by atoms with van der Waals surface area (Å²) in [5.74, 6) is -0.292. The van der Waals surface area contributed by atoms with Crippen LogP contribution in [-0.4, -0.2) is 41.7 Å². The van der Waals surface area contributed by atoms with Gasteiger partial charge in [0.05, 0.1) is 6.04 Å². The highest BCUT2D eigenvalue weighted by atomic mass is 16.3. The molecule has 0 unspecified atom stereocenters. The molecule has 2 aromatic carbocycles. The van der Waals surface area contributed by atoms with Gasteiger partial charge in [-0.25, -0.2) is 0 Å². The van der Waals surface area contributed by atoms with E-state index in [0.717, 1.165) is 18.5 Å². The summed E-state index contributed by atoms with van der Waals surface area (Å²) in [6, 6.07) is 20.0. The van der Waals surface area contributed by atoms with E-state index < -0.39 is 6.10 Å². The van der Waals surface area contributed by atoms with E-state index in [1.165, 1.54) is 5.56 Å². The number of carbonyl (C=O) groups excluding carboxylic acids is 1. The number of nitrogens with zero attached hydrogens (tertiary/aromatic N) is 1. The standard InChI is InChI=1S/C20H24N2O2/c1-22-13-12-17(19(22)16-10-6-3-7-11-16)21-20(24)18(23)14-15-8-4-2-5-9-15/h2-11,17-19,23H,12-14H2,1H3,(H,21,24)/t17-,18+,19-/m1/s1. The Labute approximate surface area is 143 Å². The Bertz CT molecular complexity index is 660. The second-order valence-electron chi connectivity index (χ2n) is 6.45. The molecule has 1 fully saturated rings. The average Bonchev–Trinajstić information content (AvgIpc) is 2.97. The highest BCUT2D eigenvalue weighted by molar-refractivity contribution is 5.81. The number of carbonyl (C=O) groups is 1. The Morgan fingerprint density at radius 1 is 1.17 bits per heavy atom. The first-order chi connectivity index (χ1) is 11.6. The molecular weight excluding hydrogens is 300 g/mol. The van der Waals surface area contributed by atoms with Gasteiger partial charge in [-0.2, -0.15) is 0 Å². The Kier molecular flexibility index (Phi) is 5.28. The van der Waals surface area contributed by atoms with Gasteiger partial charge < -0.3 is 10.4 Å². The van der Waals surface area contributed by atoms with Gasteiger partial charge in [-0.1, -0.05) is 60.7 Å². The molecule has 1 aliphatic heterocycles. The molecule has 0 aliphatic carbocycles. The van der Waals surface area contributed by atoms with Crippen LogP contribution in [0.5, 0.6) is 0 Å². The van der Waals surface area contributed by atoms with Crippen molar-refractivity contribution in [2.24, 2.45) is 0 Å². The van der Waals surface area contributed by atoms with Gasteiger partial charge >= 0.3 is 0 Å². The molecule has 1 heterocycles. The van der Waals surface area contributed by atoms with Crippen molar-refractivity contribution >= 4 is 5.91 Å². The second-order valence-corrected chi connectivity index (χ2v) is 6.45. The molecule has 4 heteroatoms. The lowest BCUT2D eigenvalue weighted by Gasteiger charge is -2.27. The first-order valence-corrected chi connectivity index (χ1v) is 8.42. The second kappa shape index (κ2) is 7.60. The molecule has 1 saturated heterocycles. The number of hydrogen-bond donors (Lipinski definition) is 2. The van der Waals surface area contributed by atoms with E-state index in [1.54, 1.807) is 0 Å². The fourth-order valence-electron chi connectivity index (χ4n) is 3.44. The molecule has 3 atom stereocenters. The number of aliphatic hydroxyl groups is 1. The van der Waals surface area contributed by atoms with E-state index in [2.05, 4.69) is 29.4 Å². The van der Waals surface area contributed by atoms with Gasteiger partial charge in [0.1, 0.15) is 6.10 Å². The molecule has 0 bridgehead atoms. The maximum atomic E-state index is 12.4. The number of amides is 1. The summed E-state index contributed by atoms with van der Waals surface area (Å²) in [5.41, 5.74) is 2.16. The van der Waals surface area contributed by atoms with E-state index in [1.807, 2.05) is 48.5 Å². The van der Waals surface area contributed by atoms with Crippen LogP contribution in [0.2, 0.25) is 0 Å². The highest BCUT2D eigenvalue weighted by Gasteiger charge is 2.34. The average molecular weight is 324 g/mol. The van der Waals surface area contributed by atoms with Crippen LogP contribution in [0.25, 0.3) is 0 Å². The van der Waals surface area contributed by atoms with Gasteiger partial charge in [-0.3, -0.25) is 9.69 Å². The largest absolute Gasteiger partial charge is 0.383 e. The molecule has 126 valence electrons. The first kappa shape index (κ1) is 16.7. The molecule has 1 amide bonds. The topological polar surface area (TPSA) is 52.6 Å². The van der Waals surface area contributed by atoms with Crippen molar-refractivity contribution in [3.05, 3.63) is 71.8 Å². The minimum Gasteiger partial charge on any atom is -0.383 e. The van der Waals surface area contributed by atoms with Crippen molar-refractivity contribution in [3.63, 3.8) is 0 Å². The summed E-state index contributed by atoms with van der Waals surface area (Å²) in [5, 5.41) is 13.3. The third kappa shape index (κ3) is 3.83. The Morgan fingerprint density at radius 3 is 2.46 bits per heavy atom. The van der Waals surface area contributed by atoms with E-state index in [0.29, 0.717) is 6.42 Å². The van der Waals surface area contributed by atoms with E-state index in [9.17, 15) is 9.90 Å². The van der Waals surface area contributed by atoms with E-state index >= 15 is 0 Å². The zero-order valence-electron chi connectivity index (χ0n) is 13.9. The SMILES string of the molecule is CN1CC[C@@H](NC(=O)[C@@H](O)Cc2ccccc2)[C@H]1c1ccccc1. The monoisotopic (exact) mass is 324 g/mol. The van der Waals surface area contributed by atoms with Crippen LogP contribution >= 0.6 is 0 Å². The lowest BCUT2D eigenvalue weighted by Crippen LogP contribution is -2.44. The van der Waals surface area contributed by atoms with Gasteiger partial charge in [0.2, 0.25) is 5.91 Å². The third-order valence-corrected chi connectivity index (χ3v) is 4.69. The van der Waals surface area contributed by atoms with Crippen LogP contribution in [0.3, 0.4) is 0 Å². The van der Waals surface area contributed by atoms with Gasteiger partial charge in [0, 0.05) is 19.0 Å². The third-order valence-electron chi connectivity index (χ3n) is 4.69. The fourth-order valence-corrected chi connectivity index (χ4v) is 3.44. The van der Waals surface area contributed by atoms with Gasteiger partial charge in [0.15, 0.2) is 0 Å². The number of hydrogen-bond acceptors (Lipinski definition) is 3. The zero-order valence-corrected chi connectivity index (χ0v) is 13.9. The van der Waals surface area contributed by atoms with Crippen molar-refractivity contribution < 1.29 is 9.90 Å². The van der Waals surface area contributed by atoms with Crippen LogP contribution in [0, 0.1) is 0 Å². The summed E-state index contributed by atoms with van der Waals surface area (Å²) in [6.07, 6.45) is 0.209. The molecule has 2 aromatic rings. The molecule has 1 aliphatic rings. The van der Waals surface area contributed by atoms with Gasteiger partial charge in [-0.05, 0) is 24.6 Å². The highest BCUT2D eigenvalue weighted by Crippen LogP contribution is 2.30. The summed E-state index contributed by atoms with van der Waals surface area (Å²) in [4.78, 5) is 14.7. The minimum absolute atomic E-state index is 0.0234. The van der Waals surface area contributed by atoms with Crippen molar-refractivity contribution in [3.8, 4) is 0 Å². The Morgan fingerprint density at radius 2 is 1.79 bits per heavy atom. The normalized spacial score (nSPS) is 22.2. The predicted molar refractivity (Wildman–Crippen MR) is 94.5 cm³/mol. The van der Waals surface area contributed by atoms with Crippen LogP contribution in [0.1, 0.15) is 23.6 Å². The predicted octanol–water partition coefficient (Wildman–Crippen LogP) is 2.15.